The zero-order chi connectivity index (χ0) is 18.2. The number of ketones is 1. The molecule has 138 valence electrons. The van der Waals surface area contributed by atoms with Crippen LogP contribution in [0.2, 0.25) is 0 Å². The first kappa shape index (κ1) is 19.2. The lowest BCUT2D eigenvalue weighted by Gasteiger charge is -2.32. The molecule has 1 saturated heterocycles. The number of aryl methyl sites for hydroxylation is 1. The maximum atomic E-state index is 12.9. The van der Waals surface area contributed by atoms with Crippen molar-refractivity contribution in [3.8, 4) is 0 Å². The first-order valence-corrected chi connectivity index (χ1v) is 8.92. The number of carbonyl (C=O) groups excluding carboxylic acids is 2. The first-order valence-electron chi connectivity index (χ1n) is 8.92. The molecule has 2 heterocycles. The van der Waals surface area contributed by atoms with Gasteiger partial charge in [0.15, 0.2) is 11.9 Å². The summed E-state index contributed by atoms with van der Waals surface area (Å²) in [4.78, 5) is 28.2. The minimum atomic E-state index is -0.899. The van der Waals surface area contributed by atoms with Crippen LogP contribution in [0, 0.1) is 11.8 Å². The molecule has 1 aromatic heterocycles. The van der Waals surface area contributed by atoms with Gasteiger partial charge in [0.05, 0.1) is 0 Å². The zero-order valence-electron chi connectivity index (χ0n) is 14.7. The van der Waals surface area contributed by atoms with E-state index in [9.17, 15) is 9.59 Å². The number of aromatic nitrogens is 1. The second-order valence-corrected chi connectivity index (χ2v) is 6.58. The van der Waals surface area contributed by atoms with Crippen LogP contribution in [0.15, 0.2) is 18.3 Å². The van der Waals surface area contributed by atoms with Gasteiger partial charge >= 0.3 is 6.09 Å². The molecule has 7 heteroatoms. The number of primary amides is 1. The quantitative estimate of drug-likeness (QED) is 0.657. The van der Waals surface area contributed by atoms with E-state index in [1.165, 1.54) is 0 Å². The van der Waals surface area contributed by atoms with Crippen LogP contribution in [-0.4, -0.2) is 36.1 Å². The van der Waals surface area contributed by atoms with Crippen molar-refractivity contribution < 1.29 is 14.3 Å². The number of hydrogen-bond acceptors (Lipinski definition) is 6. The van der Waals surface area contributed by atoms with Crippen LogP contribution in [0.4, 0.5) is 10.6 Å². The lowest BCUT2D eigenvalue weighted by atomic mass is 9.79. The number of carbonyl (C=O) groups is 2. The van der Waals surface area contributed by atoms with Crippen molar-refractivity contribution in [1.82, 2.24) is 10.3 Å². The van der Waals surface area contributed by atoms with Gasteiger partial charge in [0.2, 0.25) is 0 Å². The Morgan fingerprint density at radius 2 is 2.24 bits per heavy atom. The summed E-state index contributed by atoms with van der Waals surface area (Å²) in [6.45, 7) is 3.65. The van der Waals surface area contributed by atoms with E-state index < -0.39 is 12.2 Å². The number of amides is 1. The largest absolute Gasteiger partial charge is 0.438 e. The molecular weight excluding hydrogens is 320 g/mol. The highest BCUT2D eigenvalue weighted by Gasteiger charge is 2.35. The normalized spacial score (nSPS) is 21.5. The molecule has 0 bridgehead atoms. The van der Waals surface area contributed by atoms with Crippen LogP contribution >= 0.6 is 0 Å². The van der Waals surface area contributed by atoms with Gasteiger partial charge in [0, 0.05) is 18.7 Å². The molecule has 0 saturated carbocycles. The maximum absolute atomic E-state index is 12.9. The van der Waals surface area contributed by atoms with Gasteiger partial charge in [-0.05, 0) is 49.8 Å². The van der Waals surface area contributed by atoms with Crippen molar-refractivity contribution >= 4 is 17.7 Å². The SMILES string of the molecule is CCC1CCNCC1C(=O)[C@H](CCCc1ccc(N)nc1)OC(N)=O. The summed E-state index contributed by atoms with van der Waals surface area (Å²) in [6.07, 6.45) is 3.85. The van der Waals surface area contributed by atoms with Crippen LogP contribution in [0.1, 0.15) is 38.2 Å². The molecule has 7 nitrogen and oxygen atoms in total. The molecule has 1 amide bonds. The van der Waals surface area contributed by atoms with E-state index in [4.69, 9.17) is 16.2 Å². The average molecular weight is 348 g/mol. The summed E-state index contributed by atoms with van der Waals surface area (Å²) in [5, 5.41) is 3.26. The number of pyridine rings is 1. The second kappa shape index (κ2) is 9.36. The standard InChI is InChI=1S/C18H28N4O3/c1-2-13-8-9-21-11-14(13)17(23)15(25-18(20)24)5-3-4-12-6-7-16(19)22-10-12/h6-7,10,13-15,21H,2-5,8-9,11H2,1H3,(H2,19,22)(H2,20,24)/t13?,14?,15-/m0/s1. The molecule has 1 fully saturated rings. The second-order valence-electron chi connectivity index (χ2n) is 6.58. The van der Waals surface area contributed by atoms with Gasteiger partial charge in [-0.1, -0.05) is 19.4 Å². The number of piperidine rings is 1. The number of nitrogens with two attached hydrogens (primary N) is 2. The predicted molar refractivity (Wildman–Crippen MR) is 95.8 cm³/mol. The molecule has 2 unspecified atom stereocenters. The summed E-state index contributed by atoms with van der Waals surface area (Å²) >= 11 is 0. The third-order valence-corrected chi connectivity index (χ3v) is 4.87. The molecule has 0 spiro atoms. The van der Waals surface area contributed by atoms with Crippen molar-refractivity contribution in [3.05, 3.63) is 23.9 Å². The van der Waals surface area contributed by atoms with Crippen molar-refractivity contribution in [3.63, 3.8) is 0 Å². The van der Waals surface area contributed by atoms with Crippen molar-refractivity contribution in [2.75, 3.05) is 18.8 Å². The Hall–Kier alpha value is -2.15. The van der Waals surface area contributed by atoms with E-state index in [1.54, 1.807) is 12.3 Å². The highest BCUT2D eigenvalue weighted by molar-refractivity contribution is 5.87. The molecular formula is C18H28N4O3. The zero-order valence-corrected chi connectivity index (χ0v) is 14.7. The van der Waals surface area contributed by atoms with Gasteiger partial charge in [-0.2, -0.15) is 0 Å². The molecule has 1 aliphatic rings. The van der Waals surface area contributed by atoms with Crippen LogP contribution < -0.4 is 16.8 Å². The molecule has 3 atom stereocenters. The Bertz CT molecular complexity index is 576. The van der Waals surface area contributed by atoms with E-state index in [2.05, 4.69) is 17.2 Å². The van der Waals surface area contributed by atoms with Gasteiger partial charge in [0.1, 0.15) is 5.82 Å². The highest BCUT2D eigenvalue weighted by Crippen LogP contribution is 2.26. The Morgan fingerprint density at radius 1 is 1.44 bits per heavy atom. The molecule has 0 aromatic carbocycles. The van der Waals surface area contributed by atoms with Crippen LogP contribution in [0.3, 0.4) is 0 Å². The number of hydrogen-bond donors (Lipinski definition) is 3. The fourth-order valence-corrected chi connectivity index (χ4v) is 3.45. The summed E-state index contributed by atoms with van der Waals surface area (Å²) in [5.41, 5.74) is 11.8. The number of anilines is 1. The fraction of sp³-hybridized carbons (Fsp3) is 0.611. The van der Waals surface area contributed by atoms with E-state index >= 15 is 0 Å². The molecule has 5 N–H and O–H groups in total. The summed E-state index contributed by atoms with van der Waals surface area (Å²) in [7, 11) is 0. The molecule has 0 radical (unpaired) electrons. The summed E-state index contributed by atoms with van der Waals surface area (Å²) in [6, 6.07) is 3.66. The smallest absolute Gasteiger partial charge is 0.405 e. The number of rotatable bonds is 8. The van der Waals surface area contributed by atoms with Crippen LogP contribution in [-0.2, 0) is 16.0 Å². The van der Waals surface area contributed by atoms with Gasteiger partial charge in [-0.15, -0.1) is 0 Å². The van der Waals surface area contributed by atoms with E-state index in [0.717, 1.165) is 31.4 Å². The van der Waals surface area contributed by atoms with Crippen molar-refractivity contribution in [2.24, 2.45) is 17.6 Å². The molecule has 0 aliphatic carbocycles. The van der Waals surface area contributed by atoms with Gasteiger partial charge in [-0.25, -0.2) is 9.78 Å². The van der Waals surface area contributed by atoms with Crippen LogP contribution in [0.25, 0.3) is 0 Å². The Balaban J connectivity index is 1.95. The van der Waals surface area contributed by atoms with Crippen molar-refractivity contribution in [1.29, 1.82) is 0 Å². The van der Waals surface area contributed by atoms with E-state index in [-0.39, 0.29) is 11.7 Å². The topological polar surface area (TPSA) is 120 Å². The lowest BCUT2D eigenvalue weighted by Crippen LogP contribution is -2.45. The van der Waals surface area contributed by atoms with Gasteiger partial charge in [-0.3, -0.25) is 4.79 Å². The monoisotopic (exact) mass is 348 g/mol. The third kappa shape index (κ3) is 5.70. The Morgan fingerprint density at radius 3 is 2.88 bits per heavy atom. The number of nitrogens with one attached hydrogen (secondary N) is 1. The van der Waals surface area contributed by atoms with E-state index in [0.29, 0.717) is 31.1 Å². The number of ether oxygens (including phenoxy) is 1. The molecule has 25 heavy (non-hydrogen) atoms. The Kier molecular flexibility index (Phi) is 7.18. The Labute approximate surface area is 148 Å². The van der Waals surface area contributed by atoms with E-state index in [1.807, 2.05) is 6.07 Å². The molecule has 1 aliphatic heterocycles. The third-order valence-electron chi connectivity index (χ3n) is 4.87. The molecule has 2 rings (SSSR count). The average Bonchev–Trinajstić information content (AvgIpc) is 2.61. The van der Waals surface area contributed by atoms with Crippen molar-refractivity contribution in [2.45, 2.75) is 45.1 Å². The highest BCUT2D eigenvalue weighted by atomic mass is 16.6. The number of nitrogens with zero attached hydrogens (tertiary/aromatic N) is 1. The molecule has 1 aromatic rings. The first-order chi connectivity index (χ1) is 12.0. The van der Waals surface area contributed by atoms with Crippen LogP contribution in [0.5, 0.6) is 0 Å². The van der Waals surface area contributed by atoms with Gasteiger partial charge < -0.3 is 21.5 Å². The fourth-order valence-electron chi connectivity index (χ4n) is 3.45. The maximum Gasteiger partial charge on any atom is 0.405 e. The summed E-state index contributed by atoms with van der Waals surface area (Å²) in [5.74, 6) is 0.660. The van der Waals surface area contributed by atoms with Gasteiger partial charge in [0.25, 0.3) is 0 Å². The minimum absolute atomic E-state index is 0.0201. The predicted octanol–water partition coefficient (Wildman–Crippen LogP) is 1.66. The summed E-state index contributed by atoms with van der Waals surface area (Å²) < 4.78 is 5.14. The lowest BCUT2D eigenvalue weighted by molar-refractivity contribution is -0.134. The number of nitrogen functional groups attached to an aromatic ring is 1. The number of Topliss-reactive ketones (excluding diaryl/α,β-unsaturated/α-hetero) is 1. The minimum Gasteiger partial charge on any atom is -0.438 e.